The molecule has 3 rings (SSSR count). The standard InChI is InChI=1S/C19H27N3O3/c23-18(24)14-8-10-15(11-9-14)20-19(25)21-16-6-2-3-7-17(16)22-12-4-1-5-13-22/h2-3,6-7,14-15H,1,4-5,8-13H2,(H,23,24)(H2,20,21,25). The van der Waals surface area contributed by atoms with Gasteiger partial charge in [0.2, 0.25) is 0 Å². The van der Waals surface area contributed by atoms with E-state index in [9.17, 15) is 9.59 Å². The Bertz CT molecular complexity index is 606. The number of carboxylic acids is 1. The first-order valence-corrected chi connectivity index (χ1v) is 9.28. The molecule has 6 heteroatoms. The van der Waals surface area contributed by atoms with E-state index in [0.29, 0.717) is 12.8 Å². The number of rotatable bonds is 4. The van der Waals surface area contributed by atoms with Gasteiger partial charge in [-0.15, -0.1) is 0 Å². The predicted molar refractivity (Wildman–Crippen MR) is 98.0 cm³/mol. The van der Waals surface area contributed by atoms with Gasteiger partial charge in [0.25, 0.3) is 0 Å². The lowest BCUT2D eigenvalue weighted by Crippen LogP contribution is -2.41. The number of hydrogen-bond acceptors (Lipinski definition) is 3. The Labute approximate surface area is 148 Å². The van der Waals surface area contributed by atoms with Gasteiger partial charge in [-0.2, -0.15) is 0 Å². The van der Waals surface area contributed by atoms with Crippen LogP contribution in [0, 0.1) is 5.92 Å². The summed E-state index contributed by atoms with van der Waals surface area (Å²) in [5.74, 6) is -0.987. The van der Waals surface area contributed by atoms with Crippen LogP contribution in [0.15, 0.2) is 24.3 Å². The van der Waals surface area contributed by atoms with Crippen molar-refractivity contribution in [3.63, 3.8) is 0 Å². The van der Waals surface area contributed by atoms with E-state index in [1.165, 1.54) is 19.3 Å². The minimum Gasteiger partial charge on any atom is -0.481 e. The first kappa shape index (κ1) is 17.6. The lowest BCUT2D eigenvalue weighted by Gasteiger charge is -2.31. The van der Waals surface area contributed by atoms with Gasteiger partial charge in [-0.25, -0.2) is 4.79 Å². The van der Waals surface area contributed by atoms with Crippen molar-refractivity contribution in [3.8, 4) is 0 Å². The largest absolute Gasteiger partial charge is 0.481 e. The van der Waals surface area contributed by atoms with Crippen LogP contribution in [0.5, 0.6) is 0 Å². The van der Waals surface area contributed by atoms with Crippen LogP contribution in [0.1, 0.15) is 44.9 Å². The number of benzene rings is 1. The number of para-hydroxylation sites is 2. The summed E-state index contributed by atoms with van der Waals surface area (Å²) in [4.78, 5) is 25.7. The molecule has 1 aliphatic carbocycles. The number of nitrogens with one attached hydrogen (secondary N) is 2. The maximum atomic E-state index is 12.4. The molecule has 6 nitrogen and oxygen atoms in total. The molecule has 25 heavy (non-hydrogen) atoms. The number of carbonyl (C=O) groups is 2. The SMILES string of the molecule is O=C(Nc1ccccc1N1CCCCC1)NC1CCC(C(=O)O)CC1. The van der Waals surface area contributed by atoms with Gasteiger partial charge in [0.1, 0.15) is 0 Å². The summed E-state index contributed by atoms with van der Waals surface area (Å²) < 4.78 is 0. The molecule has 1 aromatic carbocycles. The van der Waals surface area contributed by atoms with Crippen LogP contribution in [-0.4, -0.2) is 36.2 Å². The molecule has 2 aliphatic rings. The van der Waals surface area contributed by atoms with Crippen molar-refractivity contribution in [2.24, 2.45) is 5.92 Å². The molecule has 0 radical (unpaired) electrons. The maximum absolute atomic E-state index is 12.4. The van der Waals surface area contributed by atoms with Crippen LogP contribution in [0.2, 0.25) is 0 Å². The zero-order valence-electron chi connectivity index (χ0n) is 14.5. The first-order chi connectivity index (χ1) is 12.1. The second-order valence-corrected chi connectivity index (χ2v) is 7.05. The van der Waals surface area contributed by atoms with Gasteiger partial charge in [0.15, 0.2) is 0 Å². The molecule has 1 aromatic rings. The molecule has 0 atom stereocenters. The first-order valence-electron chi connectivity index (χ1n) is 9.28. The van der Waals surface area contributed by atoms with Gasteiger partial charge in [0.05, 0.1) is 17.3 Å². The highest BCUT2D eigenvalue weighted by Gasteiger charge is 2.27. The summed E-state index contributed by atoms with van der Waals surface area (Å²) in [6, 6.07) is 7.77. The fourth-order valence-electron chi connectivity index (χ4n) is 3.82. The Morgan fingerprint density at radius 3 is 2.36 bits per heavy atom. The molecule has 136 valence electrons. The Kier molecular flexibility index (Phi) is 5.79. The summed E-state index contributed by atoms with van der Waals surface area (Å²) >= 11 is 0. The van der Waals surface area contributed by atoms with Crippen molar-refractivity contribution in [3.05, 3.63) is 24.3 Å². The fourth-order valence-corrected chi connectivity index (χ4v) is 3.82. The van der Waals surface area contributed by atoms with Crippen LogP contribution >= 0.6 is 0 Å². The number of hydrogen-bond donors (Lipinski definition) is 3. The third kappa shape index (κ3) is 4.65. The Balaban J connectivity index is 1.55. The third-order valence-corrected chi connectivity index (χ3v) is 5.26. The summed E-state index contributed by atoms with van der Waals surface area (Å²) in [6.45, 7) is 2.05. The van der Waals surface area contributed by atoms with Crippen molar-refractivity contribution in [2.45, 2.75) is 51.0 Å². The van der Waals surface area contributed by atoms with E-state index in [1.807, 2.05) is 18.2 Å². The second kappa shape index (κ2) is 8.23. The van der Waals surface area contributed by atoms with Crippen molar-refractivity contribution >= 4 is 23.4 Å². The van der Waals surface area contributed by atoms with E-state index in [4.69, 9.17) is 5.11 Å². The van der Waals surface area contributed by atoms with Gasteiger partial charge >= 0.3 is 12.0 Å². The molecule has 0 unspecified atom stereocenters. The van der Waals surface area contributed by atoms with Crippen LogP contribution in [0.25, 0.3) is 0 Å². The summed E-state index contributed by atoms with van der Waals surface area (Å²) in [6.07, 6.45) is 6.35. The normalized spacial score (nSPS) is 23.8. The van der Waals surface area contributed by atoms with Crippen LogP contribution < -0.4 is 15.5 Å². The highest BCUT2D eigenvalue weighted by molar-refractivity contribution is 5.93. The number of piperidine rings is 1. The fraction of sp³-hybridized carbons (Fsp3) is 0.579. The quantitative estimate of drug-likeness (QED) is 0.781. The number of urea groups is 1. The zero-order chi connectivity index (χ0) is 17.6. The molecular weight excluding hydrogens is 318 g/mol. The molecule has 1 saturated carbocycles. The smallest absolute Gasteiger partial charge is 0.319 e. The molecule has 0 aromatic heterocycles. The summed E-state index contributed by atoms with van der Waals surface area (Å²) in [7, 11) is 0. The Hall–Kier alpha value is -2.24. The van der Waals surface area contributed by atoms with E-state index in [-0.39, 0.29) is 18.0 Å². The van der Waals surface area contributed by atoms with Crippen LogP contribution in [0.4, 0.5) is 16.2 Å². The highest BCUT2D eigenvalue weighted by atomic mass is 16.4. The maximum Gasteiger partial charge on any atom is 0.319 e. The molecule has 1 saturated heterocycles. The minimum absolute atomic E-state index is 0.0535. The topological polar surface area (TPSA) is 81.7 Å². The summed E-state index contributed by atoms with van der Waals surface area (Å²) in [5.41, 5.74) is 1.91. The number of anilines is 2. The minimum atomic E-state index is -0.724. The Morgan fingerprint density at radius 2 is 1.68 bits per heavy atom. The van der Waals surface area contributed by atoms with Gasteiger partial charge in [-0.05, 0) is 57.1 Å². The third-order valence-electron chi connectivity index (χ3n) is 5.26. The zero-order valence-corrected chi connectivity index (χ0v) is 14.5. The molecule has 1 heterocycles. The summed E-state index contributed by atoms with van der Waals surface area (Å²) in [5, 5.41) is 15.0. The van der Waals surface area contributed by atoms with Gasteiger partial charge < -0.3 is 20.6 Å². The monoisotopic (exact) mass is 345 g/mol. The van der Waals surface area contributed by atoms with Crippen molar-refractivity contribution in [1.82, 2.24) is 5.32 Å². The van der Waals surface area contributed by atoms with Crippen LogP contribution in [-0.2, 0) is 4.79 Å². The number of nitrogens with zero attached hydrogens (tertiary/aromatic N) is 1. The molecule has 2 amide bonds. The van der Waals surface area contributed by atoms with Crippen molar-refractivity contribution in [2.75, 3.05) is 23.3 Å². The van der Waals surface area contributed by atoms with Gasteiger partial charge in [-0.1, -0.05) is 12.1 Å². The van der Waals surface area contributed by atoms with E-state index in [2.05, 4.69) is 21.6 Å². The molecule has 2 fully saturated rings. The predicted octanol–water partition coefficient (Wildman–Crippen LogP) is 3.44. The lowest BCUT2D eigenvalue weighted by atomic mass is 9.86. The van der Waals surface area contributed by atoms with Crippen molar-refractivity contribution in [1.29, 1.82) is 0 Å². The Morgan fingerprint density at radius 1 is 1.00 bits per heavy atom. The number of amides is 2. The van der Waals surface area contributed by atoms with E-state index in [1.54, 1.807) is 0 Å². The number of carbonyl (C=O) groups excluding carboxylic acids is 1. The second-order valence-electron chi connectivity index (χ2n) is 7.05. The number of carboxylic acid groups (broad SMARTS) is 1. The van der Waals surface area contributed by atoms with Gasteiger partial charge in [0, 0.05) is 19.1 Å². The van der Waals surface area contributed by atoms with E-state index >= 15 is 0 Å². The molecule has 1 aliphatic heterocycles. The molecule has 0 bridgehead atoms. The van der Waals surface area contributed by atoms with E-state index in [0.717, 1.165) is 37.3 Å². The number of aliphatic carboxylic acids is 1. The van der Waals surface area contributed by atoms with E-state index < -0.39 is 5.97 Å². The molecule has 0 spiro atoms. The highest BCUT2D eigenvalue weighted by Crippen LogP contribution is 2.28. The lowest BCUT2D eigenvalue weighted by molar-refractivity contribution is -0.142. The molecular formula is C19H27N3O3. The van der Waals surface area contributed by atoms with Crippen LogP contribution in [0.3, 0.4) is 0 Å². The molecule has 3 N–H and O–H groups in total. The van der Waals surface area contributed by atoms with Crippen molar-refractivity contribution < 1.29 is 14.7 Å². The average molecular weight is 345 g/mol. The van der Waals surface area contributed by atoms with Gasteiger partial charge in [-0.3, -0.25) is 4.79 Å². The average Bonchev–Trinajstić information content (AvgIpc) is 2.63.